The second-order valence-corrected chi connectivity index (χ2v) is 5.08. The monoisotopic (exact) mass is 273 g/mol. The Hall–Kier alpha value is -1.30. The molecule has 2 N–H and O–H groups in total. The van der Waals surface area contributed by atoms with Gasteiger partial charge >= 0.3 is 6.18 Å². The first-order valence-corrected chi connectivity index (χ1v) is 6.39. The molecule has 19 heavy (non-hydrogen) atoms. The van der Waals surface area contributed by atoms with Crippen LogP contribution in [0.25, 0.3) is 0 Å². The second kappa shape index (κ2) is 5.36. The number of hydrogen-bond donors (Lipinski definition) is 1. The van der Waals surface area contributed by atoms with Crippen molar-refractivity contribution in [2.75, 3.05) is 11.9 Å². The molecule has 1 aromatic heterocycles. The summed E-state index contributed by atoms with van der Waals surface area (Å²) in [7, 11) is 1.80. The number of nitrogens with zero attached hydrogens (tertiary/aromatic N) is 2. The van der Waals surface area contributed by atoms with Crippen LogP contribution in [0, 0.1) is 0 Å². The van der Waals surface area contributed by atoms with Gasteiger partial charge in [-0.15, -0.1) is 0 Å². The summed E-state index contributed by atoms with van der Waals surface area (Å²) in [5.41, 5.74) is 5.18. The molecule has 0 aliphatic heterocycles. The zero-order chi connectivity index (χ0) is 14.0. The Balaban J connectivity index is 2.13. The quantitative estimate of drug-likeness (QED) is 0.901. The summed E-state index contributed by atoms with van der Waals surface area (Å²) in [4.78, 5) is 5.88. The number of aromatic nitrogens is 1. The van der Waals surface area contributed by atoms with Crippen molar-refractivity contribution < 1.29 is 13.2 Å². The van der Waals surface area contributed by atoms with E-state index in [-0.39, 0.29) is 12.1 Å². The molecule has 1 aliphatic carbocycles. The first kappa shape index (κ1) is 14.1. The van der Waals surface area contributed by atoms with Crippen molar-refractivity contribution in [2.45, 2.75) is 43.9 Å². The Morgan fingerprint density at radius 1 is 1.26 bits per heavy atom. The summed E-state index contributed by atoms with van der Waals surface area (Å²) in [6.45, 7) is 0. The highest BCUT2D eigenvalue weighted by molar-refractivity contribution is 5.42. The summed E-state index contributed by atoms with van der Waals surface area (Å²) in [5, 5.41) is 0. The summed E-state index contributed by atoms with van der Waals surface area (Å²) < 4.78 is 38.0. The van der Waals surface area contributed by atoms with Gasteiger partial charge in [0, 0.05) is 25.3 Å². The molecular formula is C13H18F3N3. The van der Waals surface area contributed by atoms with E-state index >= 15 is 0 Å². The van der Waals surface area contributed by atoms with Crippen LogP contribution in [0.1, 0.15) is 31.2 Å². The van der Waals surface area contributed by atoms with Gasteiger partial charge in [-0.3, -0.25) is 0 Å². The maximum absolute atomic E-state index is 12.7. The number of halogens is 3. The van der Waals surface area contributed by atoms with Gasteiger partial charge in [0.15, 0.2) is 0 Å². The van der Waals surface area contributed by atoms with E-state index < -0.39 is 11.7 Å². The van der Waals surface area contributed by atoms with Gasteiger partial charge in [-0.2, -0.15) is 13.2 Å². The van der Waals surface area contributed by atoms with Crippen molar-refractivity contribution in [1.29, 1.82) is 0 Å². The standard InChI is InChI=1S/C13H18F3N3/c1-19(11-4-2-10(17)3-5-11)12-8-9(6-7-18-12)13(14,15)16/h6-8,10-11H,2-5,17H2,1H3. The molecule has 1 heterocycles. The Morgan fingerprint density at radius 3 is 2.47 bits per heavy atom. The third-order valence-corrected chi connectivity index (χ3v) is 3.72. The van der Waals surface area contributed by atoms with Crippen LogP contribution in [0.2, 0.25) is 0 Å². The van der Waals surface area contributed by atoms with E-state index in [1.807, 2.05) is 4.90 Å². The lowest BCUT2D eigenvalue weighted by Crippen LogP contribution is -2.39. The van der Waals surface area contributed by atoms with Crippen LogP contribution >= 0.6 is 0 Å². The SMILES string of the molecule is CN(c1cc(C(F)(F)F)ccn1)C1CCC(N)CC1. The molecule has 0 spiro atoms. The molecule has 0 atom stereocenters. The van der Waals surface area contributed by atoms with Gasteiger partial charge in [-0.1, -0.05) is 0 Å². The molecule has 106 valence electrons. The fourth-order valence-electron chi connectivity index (χ4n) is 2.46. The first-order chi connectivity index (χ1) is 8.88. The average molecular weight is 273 g/mol. The van der Waals surface area contributed by atoms with Gasteiger partial charge in [-0.25, -0.2) is 4.98 Å². The van der Waals surface area contributed by atoms with Crippen molar-refractivity contribution in [3.63, 3.8) is 0 Å². The summed E-state index contributed by atoms with van der Waals surface area (Å²) in [6.07, 6.45) is 0.504. The van der Waals surface area contributed by atoms with E-state index in [4.69, 9.17) is 5.73 Å². The Labute approximate surface area is 110 Å². The predicted molar refractivity (Wildman–Crippen MR) is 67.9 cm³/mol. The van der Waals surface area contributed by atoms with Crippen molar-refractivity contribution in [3.05, 3.63) is 23.9 Å². The highest BCUT2D eigenvalue weighted by atomic mass is 19.4. The molecule has 0 unspecified atom stereocenters. The van der Waals surface area contributed by atoms with E-state index in [2.05, 4.69) is 4.98 Å². The van der Waals surface area contributed by atoms with Gasteiger partial charge in [0.2, 0.25) is 0 Å². The molecule has 2 rings (SSSR count). The van der Waals surface area contributed by atoms with Gasteiger partial charge in [0.25, 0.3) is 0 Å². The van der Waals surface area contributed by atoms with Gasteiger partial charge in [0.1, 0.15) is 5.82 Å². The molecule has 0 aromatic carbocycles. The number of nitrogens with two attached hydrogens (primary N) is 1. The molecule has 6 heteroatoms. The number of hydrogen-bond acceptors (Lipinski definition) is 3. The van der Waals surface area contributed by atoms with E-state index in [0.29, 0.717) is 5.82 Å². The third kappa shape index (κ3) is 3.37. The maximum atomic E-state index is 12.7. The molecular weight excluding hydrogens is 255 g/mol. The topological polar surface area (TPSA) is 42.2 Å². The maximum Gasteiger partial charge on any atom is 0.416 e. The summed E-state index contributed by atoms with van der Waals surface area (Å²) in [6, 6.07) is 2.54. The number of alkyl halides is 3. The number of rotatable bonds is 2. The average Bonchev–Trinajstić information content (AvgIpc) is 2.38. The molecule has 0 bridgehead atoms. The Morgan fingerprint density at radius 2 is 1.89 bits per heavy atom. The van der Waals surface area contributed by atoms with Crippen LogP contribution < -0.4 is 10.6 Å². The third-order valence-electron chi connectivity index (χ3n) is 3.72. The van der Waals surface area contributed by atoms with Crippen LogP contribution in [0.3, 0.4) is 0 Å². The van der Waals surface area contributed by atoms with Crippen LogP contribution in [0.5, 0.6) is 0 Å². The zero-order valence-electron chi connectivity index (χ0n) is 10.8. The number of anilines is 1. The van der Waals surface area contributed by atoms with Crippen LogP contribution in [-0.2, 0) is 6.18 Å². The molecule has 1 aliphatic rings. The highest BCUT2D eigenvalue weighted by Gasteiger charge is 2.31. The Bertz CT molecular complexity index is 425. The lowest BCUT2D eigenvalue weighted by Gasteiger charge is -2.34. The normalized spacial score (nSPS) is 24.3. The van der Waals surface area contributed by atoms with E-state index in [1.54, 1.807) is 7.05 Å². The van der Waals surface area contributed by atoms with Gasteiger partial charge < -0.3 is 10.6 Å². The molecule has 0 amide bonds. The minimum absolute atomic E-state index is 0.218. The minimum Gasteiger partial charge on any atom is -0.357 e. The van der Waals surface area contributed by atoms with Crippen molar-refractivity contribution in [3.8, 4) is 0 Å². The van der Waals surface area contributed by atoms with Crippen LogP contribution in [0.4, 0.5) is 19.0 Å². The van der Waals surface area contributed by atoms with Crippen LogP contribution in [0.15, 0.2) is 18.3 Å². The van der Waals surface area contributed by atoms with Crippen molar-refractivity contribution in [1.82, 2.24) is 4.98 Å². The second-order valence-electron chi connectivity index (χ2n) is 5.08. The molecule has 1 aromatic rings. The van der Waals surface area contributed by atoms with Gasteiger partial charge in [0.05, 0.1) is 5.56 Å². The lowest BCUT2D eigenvalue weighted by atomic mass is 9.91. The van der Waals surface area contributed by atoms with Crippen molar-refractivity contribution in [2.24, 2.45) is 5.73 Å². The summed E-state index contributed by atoms with van der Waals surface area (Å²) in [5.74, 6) is 0.371. The highest BCUT2D eigenvalue weighted by Crippen LogP contribution is 2.32. The molecule has 0 radical (unpaired) electrons. The molecule has 1 saturated carbocycles. The smallest absolute Gasteiger partial charge is 0.357 e. The van der Waals surface area contributed by atoms with Crippen LogP contribution in [-0.4, -0.2) is 24.1 Å². The first-order valence-electron chi connectivity index (χ1n) is 6.39. The van der Waals surface area contributed by atoms with E-state index in [9.17, 15) is 13.2 Å². The zero-order valence-corrected chi connectivity index (χ0v) is 10.8. The molecule has 0 saturated heterocycles. The van der Waals surface area contributed by atoms with Crippen molar-refractivity contribution >= 4 is 5.82 Å². The molecule has 3 nitrogen and oxygen atoms in total. The van der Waals surface area contributed by atoms with Gasteiger partial charge in [-0.05, 0) is 37.8 Å². The fraction of sp³-hybridized carbons (Fsp3) is 0.615. The lowest BCUT2D eigenvalue weighted by molar-refractivity contribution is -0.137. The predicted octanol–water partition coefficient (Wildman–Crippen LogP) is 2.81. The fourth-order valence-corrected chi connectivity index (χ4v) is 2.46. The largest absolute Gasteiger partial charge is 0.416 e. The van der Waals surface area contributed by atoms with E-state index in [1.165, 1.54) is 6.20 Å². The minimum atomic E-state index is -4.33. The van der Waals surface area contributed by atoms with E-state index in [0.717, 1.165) is 37.8 Å². The Kier molecular flexibility index (Phi) is 3.99. The molecule has 1 fully saturated rings. The summed E-state index contributed by atoms with van der Waals surface area (Å²) >= 11 is 0. The number of pyridine rings is 1.